The Morgan fingerprint density at radius 3 is 3.25 bits per heavy atom. The second-order valence-electron chi connectivity index (χ2n) is 2.67. The third-order valence-corrected chi connectivity index (χ3v) is 2.60. The van der Waals surface area contributed by atoms with Crippen molar-refractivity contribution < 1.29 is 9.53 Å². The topological polar surface area (TPSA) is 69.9 Å². The van der Waals surface area contributed by atoms with Crippen molar-refractivity contribution in [3.8, 4) is 18.0 Å². The summed E-state index contributed by atoms with van der Waals surface area (Å²) in [6, 6.07) is 1.73. The molecule has 0 atom stereocenters. The zero-order valence-corrected chi connectivity index (χ0v) is 8.85. The molecule has 2 aromatic rings. The summed E-state index contributed by atoms with van der Waals surface area (Å²) >= 11 is 1.25. The van der Waals surface area contributed by atoms with Crippen LogP contribution in [-0.2, 0) is 4.74 Å². The Labute approximate surface area is 94.8 Å². The molecule has 0 fully saturated rings. The van der Waals surface area contributed by atoms with E-state index in [1.54, 1.807) is 11.4 Å². The van der Waals surface area contributed by atoms with E-state index in [4.69, 9.17) is 11.2 Å². The Bertz CT molecular complexity index is 526. The molecule has 2 aromatic heterocycles. The highest BCUT2D eigenvalue weighted by Gasteiger charge is 2.16. The lowest BCUT2D eigenvalue weighted by atomic mass is 10.4. The van der Waals surface area contributed by atoms with E-state index in [0.29, 0.717) is 10.6 Å². The van der Waals surface area contributed by atoms with Crippen molar-refractivity contribution in [2.45, 2.75) is 0 Å². The lowest BCUT2D eigenvalue weighted by Gasteiger charge is -2.01. The number of hydrogen-bond acceptors (Lipinski definition) is 6. The average Bonchev–Trinajstić information content (AvgIpc) is 2.94. The summed E-state index contributed by atoms with van der Waals surface area (Å²) in [7, 11) is 0. The monoisotopic (exact) mass is 234 g/mol. The molecule has 0 radical (unpaired) electrons. The Kier molecular flexibility index (Phi) is 2.93. The highest BCUT2D eigenvalue weighted by Crippen LogP contribution is 2.20. The Hall–Kier alpha value is -2.20. The summed E-state index contributed by atoms with van der Waals surface area (Å²) in [5.41, 5.74) is 0.581. The Morgan fingerprint density at radius 1 is 1.69 bits per heavy atom. The quantitative estimate of drug-likeness (QED) is 0.571. The standard InChI is InChI=1S/C9H6N4O2S/c1-2-4-15-9(14)8-7(3-5-16-8)13-6-10-11-12-13/h1,3,5-6H,4H2. The molecule has 7 heteroatoms. The van der Waals surface area contributed by atoms with Crippen LogP contribution >= 0.6 is 11.3 Å². The van der Waals surface area contributed by atoms with Gasteiger partial charge in [0.15, 0.2) is 6.61 Å². The number of tetrazole rings is 1. The number of terminal acetylenes is 1. The van der Waals surface area contributed by atoms with Gasteiger partial charge in [0.05, 0.1) is 5.69 Å². The van der Waals surface area contributed by atoms with Gasteiger partial charge in [0.1, 0.15) is 11.2 Å². The summed E-state index contributed by atoms with van der Waals surface area (Å²) in [6.45, 7) is -0.0498. The van der Waals surface area contributed by atoms with Gasteiger partial charge in [-0.3, -0.25) is 0 Å². The molecule has 80 valence electrons. The van der Waals surface area contributed by atoms with Gasteiger partial charge >= 0.3 is 5.97 Å². The largest absolute Gasteiger partial charge is 0.448 e. The maximum atomic E-state index is 11.6. The molecule has 0 saturated carbocycles. The van der Waals surface area contributed by atoms with Gasteiger partial charge in [-0.2, -0.15) is 4.68 Å². The van der Waals surface area contributed by atoms with E-state index in [-0.39, 0.29) is 6.61 Å². The number of hydrogen-bond donors (Lipinski definition) is 0. The van der Waals surface area contributed by atoms with Crippen LogP contribution in [0.25, 0.3) is 5.69 Å². The van der Waals surface area contributed by atoms with E-state index in [1.165, 1.54) is 22.3 Å². The van der Waals surface area contributed by atoms with Crippen LogP contribution in [-0.4, -0.2) is 32.8 Å². The van der Waals surface area contributed by atoms with E-state index < -0.39 is 5.97 Å². The van der Waals surface area contributed by atoms with Gasteiger partial charge in [-0.05, 0) is 21.9 Å². The van der Waals surface area contributed by atoms with Crippen LogP contribution in [0, 0.1) is 12.3 Å². The van der Waals surface area contributed by atoms with Gasteiger partial charge in [-0.15, -0.1) is 22.9 Å². The van der Waals surface area contributed by atoms with Crippen molar-refractivity contribution in [1.82, 2.24) is 20.2 Å². The number of thiophene rings is 1. The maximum absolute atomic E-state index is 11.6. The number of carbonyl (C=O) groups excluding carboxylic acids is 1. The van der Waals surface area contributed by atoms with Crippen molar-refractivity contribution in [2.75, 3.05) is 6.61 Å². The molecule has 0 bridgehead atoms. The zero-order valence-electron chi connectivity index (χ0n) is 8.03. The van der Waals surface area contributed by atoms with Crippen LogP contribution < -0.4 is 0 Å². The van der Waals surface area contributed by atoms with Gasteiger partial charge in [0.25, 0.3) is 0 Å². The molecule has 0 aliphatic carbocycles. The second kappa shape index (κ2) is 4.55. The minimum atomic E-state index is -0.474. The van der Waals surface area contributed by atoms with Crippen molar-refractivity contribution in [3.63, 3.8) is 0 Å². The van der Waals surface area contributed by atoms with Crippen molar-refractivity contribution >= 4 is 17.3 Å². The van der Waals surface area contributed by atoms with Gasteiger partial charge < -0.3 is 4.74 Å². The van der Waals surface area contributed by atoms with Crippen LogP contribution in [0.1, 0.15) is 9.67 Å². The predicted octanol–water partition coefficient (Wildman–Crippen LogP) is 0.514. The molecule has 0 saturated heterocycles. The first-order valence-electron chi connectivity index (χ1n) is 4.24. The normalized spacial score (nSPS) is 9.69. The molecule has 2 rings (SSSR count). The highest BCUT2D eigenvalue weighted by molar-refractivity contribution is 7.12. The maximum Gasteiger partial charge on any atom is 0.351 e. The Morgan fingerprint density at radius 2 is 2.56 bits per heavy atom. The number of carbonyl (C=O) groups is 1. The van der Waals surface area contributed by atoms with Gasteiger partial charge in [-0.25, -0.2) is 4.79 Å². The molecule has 0 aliphatic heterocycles. The minimum absolute atomic E-state index is 0.0498. The third kappa shape index (κ3) is 1.92. The van der Waals surface area contributed by atoms with Crippen LogP contribution in [0.3, 0.4) is 0 Å². The molecular formula is C9H6N4O2S. The first-order valence-corrected chi connectivity index (χ1v) is 5.12. The molecule has 0 spiro atoms. The number of aromatic nitrogens is 4. The van der Waals surface area contributed by atoms with E-state index in [1.807, 2.05) is 0 Å². The van der Waals surface area contributed by atoms with Crippen LogP contribution in [0.4, 0.5) is 0 Å². The van der Waals surface area contributed by atoms with E-state index >= 15 is 0 Å². The molecular weight excluding hydrogens is 228 g/mol. The molecule has 16 heavy (non-hydrogen) atoms. The summed E-state index contributed by atoms with van der Waals surface area (Å²) in [5.74, 6) is 1.76. The van der Waals surface area contributed by atoms with Gasteiger partial charge in [0, 0.05) is 0 Å². The molecule has 0 unspecified atom stereocenters. The molecule has 0 N–H and O–H groups in total. The fraction of sp³-hybridized carbons (Fsp3) is 0.111. The third-order valence-electron chi connectivity index (χ3n) is 1.71. The second-order valence-corrected chi connectivity index (χ2v) is 3.59. The SMILES string of the molecule is C#CCOC(=O)c1sccc1-n1cnnn1. The summed E-state index contributed by atoms with van der Waals surface area (Å²) in [4.78, 5) is 12.0. The zero-order chi connectivity index (χ0) is 11.4. The van der Waals surface area contributed by atoms with E-state index in [9.17, 15) is 4.79 Å². The first-order chi connectivity index (χ1) is 7.83. The highest BCUT2D eigenvalue weighted by atomic mass is 32.1. The predicted molar refractivity (Wildman–Crippen MR) is 56.1 cm³/mol. The number of ether oxygens (including phenoxy) is 1. The average molecular weight is 234 g/mol. The molecule has 0 amide bonds. The number of rotatable bonds is 3. The minimum Gasteiger partial charge on any atom is -0.448 e. The van der Waals surface area contributed by atoms with Gasteiger partial charge in [0.2, 0.25) is 0 Å². The van der Waals surface area contributed by atoms with E-state index in [2.05, 4.69) is 21.4 Å². The van der Waals surface area contributed by atoms with Crippen LogP contribution in [0.2, 0.25) is 0 Å². The summed E-state index contributed by atoms with van der Waals surface area (Å²) < 4.78 is 6.22. The van der Waals surface area contributed by atoms with Crippen LogP contribution in [0.15, 0.2) is 17.8 Å². The lowest BCUT2D eigenvalue weighted by Crippen LogP contribution is -2.07. The fourth-order valence-electron chi connectivity index (χ4n) is 1.08. The lowest BCUT2D eigenvalue weighted by molar-refractivity contribution is 0.0562. The van der Waals surface area contributed by atoms with Crippen molar-refractivity contribution in [3.05, 3.63) is 22.7 Å². The smallest absolute Gasteiger partial charge is 0.351 e. The molecule has 6 nitrogen and oxygen atoms in total. The fourth-order valence-corrected chi connectivity index (χ4v) is 1.85. The molecule has 0 aromatic carbocycles. The molecule has 0 aliphatic rings. The van der Waals surface area contributed by atoms with Crippen LogP contribution in [0.5, 0.6) is 0 Å². The van der Waals surface area contributed by atoms with E-state index in [0.717, 1.165) is 0 Å². The number of esters is 1. The first kappa shape index (κ1) is 10.3. The van der Waals surface area contributed by atoms with Gasteiger partial charge in [-0.1, -0.05) is 5.92 Å². The molecule has 2 heterocycles. The summed E-state index contributed by atoms with van der Waals surface area (Å²) in [5, 5.41) is 12.4. The summed E-state index contributed by atoms with van der Waals surface area (Å²) in [6.07, 6.45) is 6.40. The Balaban J connectivity index is 2.27. The van der Waals surface area contributed by atoms with Crippen molar-refractivity contribution in [2.24, 2.45) is 0 Å². The van der Waals surface area contributed by atoms with Crippen molar-refractivity contribution in [1.29, 1.82) is 0 Å². The number of nitrogens with zero attached hydrogens (tertiary/aromatic N) is 4.